The van der Waals surface area contributed by atoms with Crippen LogP contribution in [0.3, 0.4) is 0 Å². The van der Waals surface area contributed by atoms with Crippen LogP contribution in [0.25, 0.3) is 0 Å². The Balaban J connectivity index is 1.49. The van der Waals surface area contributed by atoms with Gasteiger partial charge in [0.15, 0.2) is 6.61 Å². The van der Waals surface area contributed by atoms with Gasteiger partial charge in [-0.2, -0.15) is 0 Å². The average molecular weight is 337 g/mol. The Kier molecular flexibility index (Phi) is 4.01. The van der Waals surface area contributed by atoms with Crippen LogP contribution in [0.1, 0.15) is 10.4 Å². The van der Waals surface area contributed by atoms with Crippen LogP contribution >= 0.6 is 0 Å². The van der Waals surface area contributed by atoms with E-state index in [4.69, 9.17) is 4.74 Å². The van der Waals surface area contributed by atoms with Gasteiger partial charge in [-0.25, -0.2) is 0 Å². The first-order chi connectivity index (χ1) is 12.2. The minimum Gasteiger partial charge on any atom is -0.482 e. The third kappa shape index (κ3) is 3.03. The fourth-order valence-corrected chi connectivity index (χ4v) is 3.25. The molecule has 0 aromatic heterocycles. The van der Waals surface area contributed by atoms with Crippen LogP contribution in [-0.4, -0.2) is 49.5 Å². The van der Waals surface area contributed by atoms with Crippen molar-refractivity contribution in [2.24, 2.45) is 0 Å². The van der Waals surface area contributed by atoms with Crippen molar-refractivity contribution in [3.05, 3.63) is 54.1 Å². The number of fused-ring (bicyclic) bond motifs is 1. The van der Waals surface area contributed by atoms with Gasteiger partial charge in [0.05, 0.1) is 11.3 Å². The molecule has 1 fully saturated rings. The number of piperazine rings is 1. The van der Waals surface area contributed by atoms with Crippen molar-refractivity contribution in [3.63, 3.8) is 0 Å². The van der Waals surface area contributed by atoms with Gasteiger partial charge in [-0.3, -0.25) is 9.59 Å². The third-order valence-electron chi connectivity index (χ3n) is 4.57. The van der Waals surface area contributed by atoms with Gasteiger partial charge in [0, 0.05) is 31.9 Å². The van der Waals surface area contributed by atoms with Crippen molar-refractivity contribution in [3.8, 4) is 5.75 Å². The molecule has 128 valence electrons. The summed E-state index contributed by atoms with van der Waals surface area (Å²) in [6.07, 6.45) is 0. The molecule has 0 atom stereocenters. The maximum absolute atomic E-state index is 12.9. The standard InChI is InChI=1S/C19H19N3O3/c23-17-13-25-16-8-4-7-15(18(16)20-17)19(24)22-11-9-21(10-12-22)14-5-2-1-3-6-14/h1-8H,9-13H2,(H,20,23). The zero-order valence-electron chi connectivity index (χ0n) is 13.8. The maximum Gasteiger partial charge on any atom is 0.262 e. The molecule has 0 bridgehead atoms. The quantitative estimate of drug-likeness (QED) is 0.910. The van der Waals surface area contributed by atoms with E-state index >= 15 is 0 Å². The molecule has 2 aliphatic heterocycles. The Morgan fingerprint density at radius 1 is 0.960 bits per heavy atom. The van der Waals surface area contributed by atoms with E-state index in [1.807, 2.05) is 23.1 Å². The topological polar surface area (TPSA) is 61.9 Å². The first-order valence-corrected chi connectivity index (χ1v) is 8.37. The highest BCUT2D eigenvalue weighted by molar-refractivity contribution is 6.06. The molecule has 4 rings (SSSR count). The number of anilines is 2. The number of para-hydroxylation sites is 2. The van der Waals surface area contributed by atoms with Gasteiger partial charge in [0.25, 0.3) is 11.8 Å². The number of hydrogen-bond donors (Lipinski definition) is 1. The predicted molar refractivity (Wildman–Crippen MR) is 95.1 cm³/mol. The molecule has 0 radical (unpaired) electrons. The smallest absolute Gasteiger partial charge is 0.262 e. The van der Waals surface area contributed by atoms with E-state index in [1.54, 1.807) is 18.2 Å². The SMILES string of the molecule is O=C1COc2cccc(C(=O)N3CCN(c4ccccc4)CC3)c2N1. The number of carbonyl (C=O) groups is 2. The number of amides is 2. The number of benzene rings is 2. The lowest BCUT2D eigenvalue weighted by Gasteiger charge is -2.36. The number of hydrogen-bond acceptors (Lipinski definition) is 4. The summed E-state index contributed by atoms with van der Waals surface area (Å²) in [6.45, 7) is 2.85. The van der Waals surface area contributed by atoms with Gasteiger partial charge in [-0.05, 0) is 24.3 Å². The van der Waals surface area contributed by atoms with E-state index in [2.05, 4.69) is 22.3 Å². The summed E-state index contributed by atoms with van der Waals surface area (Å²) in [4.78, 5) is 28.6. The fourth-order valence-electron chi connectivity index (χ4n) is 3.25. The molecule has 2 amide bonds. The summed E-state index contributed by atoms with van der Waals surface area (Å²) in [5, 5.41) is 2.76. The molecule has 0 spiro atoms. The van der Waals surface area contributed by atoms with Gasteiger partial charge in [-0.15, -0.1) is 0 Å². The first-order valence-electron chi connectivity index (χ1n) is 8.37. The van der Waals surface area contributed by atoms with Crippen molar-refractivity contribution >= 4 is 23.2 Å². The van der Waals surface area contributed by atoms with Crippen molar-refractivity contribution < 1.29 is 14.3 Å². The highest BCUT2D eigenvalue weighted by Gasteiger charge is 2.27. The van der Waals surface area contributed by atoms with E-state index in [-0.39, 0.29) is 18.4 Å². The van der Waals surface area contributed by atoms with E-state index in [0.717, 1.165) is 13.1 Å². The summed E-state index contributed by atoms with van der Waals surface area (Å²) in [7, 11) is 0. The summed E-state index contributed by atoms with van der Waals surface area (Å²) >= 11 is 0. The second-order valence-electron chi connectivity index (χ2n) is 6.13. The van der Waals surface area contributed by atoms with Crippen molar-refractivity contribution in [2.45, 2.75) is 0 Å². The molecule has 0 unspecified atom stereocenters. The van der Waals surface area contributed by atoms with E-state index < -0.39 is 0 Å². The Morgan fingerprint density at radius 2 is 1.72 bits per heavy atom. The van der Waals surface area contributed by atoms with Crippen LogP contribution < -0.4 is 15.0 Å². The van der Waals surface area contributed by atoms with Crippen LogP contribution in [0.2, 0.25) is 0 Å². The van der Waals surface area contributed by atoms with Crippen molar-refractivity contribution in [1.29, 1.82) is 0 Å². The van der Waals surface area contributed by atoms with Crippen LogP contribution in [-0.2, 0) is 4.79 Å². The summed E-state index contributed by atoms with van der Waals surface area (Å²) < 4.78 is 5.40. The van der Waals surface area contributed by atoms with Gasteiger partial charge >= 0.3 is 0 Å². The molecule has 2 aliphatic rings. The van der Waals surface area contributed by atoms with Crippen LogP contribution in [0.5, 0.6) is 5.75 Å². The molecule has 2 aromatic rings. The second-order valence-corrected chi connectivity index (χ2v) is 6.13. The predicted octanol–water partition coefficient (Wildman–Crippen LogP) is 1.98. The molecule has 1 N–H and O–H groups in total. The summed E-state index contributed by atoms with van der Waals surface area (Å²) in [6, 6.07) is 15.5. The molecule has 6 nitrogen and oxygen atoms in total. The Morgan fingerprint density at radius 3 is 2.48 bits per heavy atom. The average Bonchev–Trinajstić information content (AvgIpc) is 2.68. The highest BCUT2D eigenvalue weighted by Crippen LogP contribution is 2.32. The Bertz CT molecular complexity index is 799. The Labute approximate surface area is 146 Å². The minimum atomic E-state index is -0.235. The summed E-state index contributed by atoms with van der Waals surface area (Å²) in [5.74, 6) is 0.241. The monoisotopic (exact) mass is 337 g/mol. The number of nitrogens with one attached hydrogen (secondary N) is 1. The molecule has 1 saturated heterocycles. The zero-order valence-corrected chi connectivity index (χ0v) is 13.8. The van der Waals surface area contributed by atoms with Crippen LogP contribution in [0.4, 0.5) is 11.4 Å². The fraction of sp³-hybridized carbons (Fsp3) is 0.263. The molecule has 2 aromatic carbocycles. The number of ether oxygens (including phenoxy) is 1. The molecular weight excluding hydrogens is 318 g/mol. The van der Waals surface area contributed by atoms with Gasteiger partial charge < -0.3 is 19.9 Å². The molecular formula is C19H19N3O3. The molecule has 0 aliphatic carbocycles. The van der Waals surface area contributed by atoms with Gasteiger partial charge in [-0.1, -0.05) is 24.3 Å². The first kappa shape index (κ1) is 15.5. The lowest BCUT2D eigenvalue weighted by Crippen LogP contribution is -2.49. The van der Waals surface area contributed by atoms with Crippen LogP contribution in [0, 0.1) is 0 Å². The lowest BCUT2D eigenvalue weighted by molar-refractivity contribution is -0.118. The van der Waals surface area contributed by atoms with Gasteiger partial charge in [0.1, 0.15) is 5.75 Å². The zero-order chi connectivity index (χ0) is 17.2. The maximum atomic E-state index is 12.9. The minimum absolute atomic E-state index is 0.0135. The summed E-state index contributed by atoms with van der Waals surface area (Å²) in [5.41, 5.74) is 2.14. The van der Waals surface area contributed by atoms with Crippen LogP contribution in [0.15, 0.2) is 48.5 Å². The molecule has 2 heterocycles. The number of nitrogens with zero attached hydrogens (tertiary/aromatic N) is 2. The van der Waals surface area contributed by atoms with Crippen molar-refractivity contribution in [1.82, 2.24) is 4.90 Å². The van der Waals surface area contributed by atoms with Gasteiger partial charge in [0.2, 0.25) is 0 Å². The second kappa shape index (κ2) is 6.47. The lowest BCUT2D eigenvalue weighted by atomic mass is 10.1. The molecule has 6 heteroatoms. The van der Waals surface area contributed by atoms with E-state index in [1.165, 1.54) is 5.69 Å². The number of rotatable bonds is 2. The Hall–Kier alpha value is -3.02. The number of carbonyl (C=O) groups excluding carboxylic acids is 2. The third-order valence-corrected chi connectivity index (χ3v) is 4.57. The largest absolute Gasteiger partial charge is 0.482 e. The molecule has 0 saturated carbocycles. The van der Waals surface area contributed by atoms with E-state index in [0.29, 0.717) is 30.1 Å². The normalized spacial score (nSPS) is 16.7. The van der Waals surface area contributed by atoms with Crippen molar-refractivity contribution in [2.75, 3.05) is 43.0 Å². The van der Waals surface area contributed by atoms with E-state index in [9.17, 15) is 9.59 Å². The highest BCUT2D eigenvalue weighted by atomic mass is 16.5. The molecule has 25 heavy (non-hydrogen) atoms.